The van der Waals surface area contributed by atoms with E-state index in [0.717, 1.165) is 25.7 Å². The quantitative estimate of drug-likeness (QED) is 0.815. The fourth-order valence-electron chi connectivity index (χ4n) is 2.40. The Balaban J connectivity index is 2.41. The molecular weight excluding hydrogens is 357 g/mol. The molecule has 1 fully saturated rings. The molecule has 1 saturated carbocycles. The van der Waals surface area contributed by atoms with Gasteiger partial charge in [0.1, 0.15) is 4.90 Å². The van der Waals surface area contributed by atoms with E-state index in [1.807, 2.05) is 6.92 Å². The second-order valence-electron chi connectivity index (χ2n) is 5.11. The minimum atomic E-state index is -4.05. The molecule has 0 aliphatic heterocycles. The molecule has 0 radical (unpaired) electrons. The van der Waals surface area contributed by atoms with Gasteiger partial charge < -0.3 is 5.32 Å². The fourth-order valence-corrected chi connectivity index (χ4v) is 4.30. The van der Waals surface area contributed by atoms with Gasteiger partial charge in [-0.1, -0.05) is 30.1 Å². The first-order valence-electron chi connectivity index (χ1n) is 6.45. The van der Waals surface area contributed by atoms with Crippen molar-refractivity contribution in [1.82, 2.24) is 5.32 Å². The zero-order chi connectivity index (χ0) is 15.8. The highest BCUT2D eigenvalue weighted by Crippen LogP contribution is 2.37. The Hall–Kier alpha value is -0.490. The van der Waals surface area contributed by atoms with Crippen molar-refractivity contribution in [3.8, 4) is 0 Å². The molecule has 4 nitrogen and oxygen atoms in total. The summed E-state index contributed by atoms with van der Waals surface area (Å²) in [6.45, 7) is 1.99. The molecule has 8 heteroatoms. The first-order valence-corrected chi connectivity index (χ1v) is 9.52. The molecule has 1 aromatic carbocycles. The second-order valence-corrected chi connectivity index (χ2v) is 8.43. The molecule has 1 N–H and O–H groups in total. The Morgan fingerprint density at radius 3 is 2.38 bits per heavy atom. The molecule has 0 saturated heterocycles. The number of carbonyl (C=O) groups is 1. The van der Waals surface area contributed by atoms with Crippen LogP contribution in [0, 0.1) is 0 Å². The van der Waals surface area contributed by atoms with Gasteiger partial charge in [-0.2, -0.15) is 0 Å². The van der Waals surface area contributed by atoms with E-state index >= 15 is 0 Å². The van der Waals surface area contributed by atoms with Gasteiger partial charge in [-0.15, -0.1) is 0 Å². The molecule has 116 valence electrons. The van der Waals surface area contributed by atoms with Crippen LogP contribution in [0.5, 0.6) is 0 Å². The molecular formula is C13H14Cl3NO3S. The van der Waals surface area contributed by atoms with Crippen molar-refractivity contribution in [3.63, 3.8) is 0 Å². The Morgan fingerprint density at radius 1 is 1.33 bits per heavy atom. The van der Waals surface area contributed by atoms with Crippen molar-refractivity contribution < 1.29 is 13.2 Å². The van der Waals surface area contributed by atoms with Crippen LogP contribution in [0.3, 0.4) is 0 Å². The highest BCUT2D eigenvalue weighted by Gasteiger charge is 2.37. The zero-order valence-electron chi connectivity index (χ0n) is 11.3. The summed E-state index contributed by atoms with van der Waals surface area (Å²) in [5.74, 6) is -0.478. The van der Waals surface area contributed by atoms with Crippen LogP contribution in [0.4, 0.5) is 0 Å². The van der Waals surface area contributed by atoms with Crippen LogP contribution in [0.1, 0.15) is 43.0 Å². The van der Waals surface area contributed by atoms with Crippen LogP contribution in [-0.2, 0) is 9.05 Å². The number of rotatable bonds is 4. The predicted octanol–water partition coefficient (Wildman–Crippen LogP) is 3.98. The van der Waals surface area contributed by atoms with Gasteiger partial charge in [-0.05, 0) is 37.8 Å². The third-order valence-corrected chi connectivity index (χ3v) is 6.10. The molecule has 1 aromatic rings. The third-order valence-electron chi connectivity index (χ3n) is 3.91. The lowest BCUT2D eigenvalue weighted by atomic mass is 9.74. The largest absolute Gasteiger partial charge is 0.347 e. The molecule has 0 aromatic heterocycles. The maximum atomic E-state index is 12.4. The average Bonchev–Trinajstić information content (AvgIpc) is 2.32. The topological polar surface area (TPSA) is 63.2 Å². The van der Waals surface area contributed by atoms with Gasteiger partial charge in [0, 0.05) is 16.2 Å². The van der Waals surface area contributed by atoms with E-state index in [1.165, 1.54) is 12.1 Å². The van der Waals surface area contributed by atoms with Crippen molar-refractivity contribution >= 4 is 48.8 Å². The smallest absolute Gasteiger partial charge is 0.262 e. The minimum Gasteiger partial charge on any atom is -0.347 e. The van der Waals surface area contributed by atoms with Crippen LogP contribution < -0.4 is 5.32 Å². The van der Waals surface area contributed by atoms with E-state index in [2.05, 4.69) is 5.32 Å². The summed E-state index contributed by atoms with van der Waals surface area (Å²) in [6.07, 6.45) is 3.61. The maximum absolute atomic E-state index is 12.4. The fraction of sp³-hybridized carbons (Fsp3) is 0.462. The number of hydrogen-bond donors (Lipinski definition) is 1. The third kappa shape index (κ3) is 3.31. The maximum Gasteiger partial charge on any atom is 0.262 e. The average molecular weight is 371 g/mol. The normalized spacial score (nSPS) is 17.1. The second kappa shape index (κ2) is 5.95. The lowest BCUT2D eigenvalue weighted by molar-refractivity contribution is 0.0820. The molecule has 1 aliphatic rings. The Morgan fingerprint density at radius 2 is 1.95 bits per heavy atom. The van der Waals surface area contributed by atoms with E-state index in [1.54, 1.807) is 0 Å². The van der Waals surface area contributed by atoms with Crippen molar-refractivity contribution in [3.05, 3.63) is 27.7 Å². The SMILES string of the molecule is CCC1(NC(=O)c2c(Cl)ccc(S(=O)(=O)Cl)c2Cl)CCC1. The summed E-state index contributed by atoms with van der Waals surface area (Å²) in [4.78, 5) is 12.1. The van der Waals surface area contributed by atoms with Crippen LogP contribution in [-0.4, -0.2) is 19.9 Å². The standard InChI is InChI=1S/C13H14Cl3NO3S/c1-2-13(6-3-7-13)17-12(18)10-8(14)4-5-9(11(10)15)21(16,19)20/h4-5H,2-3,6-7H2,1H3,(H,17,18). The van der Waals surface area contributed by atoms with E-state index in [0.29, 0.717) is 0 Å². The Labute approximate surface area is 138 Å². The summed E-state index contributed by atoms with van der Waals surface area (Å²) in [5.41, 5.74) is -0.306. The molecule has 21 heavy (non-hydrogen) atoms. The van der Waals surface area contributed by atoms with Gasteiger partial charge in [0.25, 0.3) is 15.0 Å². The Bertz CT molecular complexity index is 679. The first-order chi connectivity index (χ1) is 9.70. The van der Waals surface area contributed by atoms with Crippen molar-refractivity contribution in [2.45, 2.75) is 43.0 Å². The van der Waals surface area contributed by atoms with Gasteiger partial charge in [0.15, 0.2) is 0 Å². The molecule has 1 amide bonds. The van der Waals surface area contributed by atoms with E-state index < -0.39 is 15.0 Å². The zero-order valence-corrected chi connectivity index (χ0v) is 14.3. The molecule has 0 atom stereocenters. The van der Waals surface area contributed by atoms with E-state index in [9.17, 15) is 13.2 Å². The van der Waals surface area contributed by atoms with Gasteiger partial charge in [0.05, 0.1) is 15.6 Å². The molecule has 0 spiro atoms. The summed E-state index contributed by atoms with van der Waals surface area (Å²) in [7, 11) is 1.26. The summed E-state index contributed by atoms with van der Waals surface area (Å²) in [5, 5.41) is 2.75. The number of nitrogens with one attached hydrogen (secondary N) is 1. The van der Waals surface area contributed by atoms with Crippen LogP contribution in [0.15, 0.2) is 17.0 Å². The van der Waals surface area contributed by atoms with Crippen molar-refractivity contribution in [1.29, 1.82) is 0 Å². The Kier molecular flexibility index (Phi) is 4.78. The summed E-state index contributed by atoms with van der Waals surface area (Å²) in [6, 6.07) is 2.49. The highest BCUT2D eigenvalue weighted by molar-refractivity contribution is 8.13. The number of halogens is 3. The minimum absolute atomic E-state index is 0.0558. The lowest BCUT2D eigenvalue weighted by Crippen LogP contribution is -2.53. The van der Waals surface area contributed by atoms with E-state index in [4.69, 9.17) is 33.9 Å². The predicted molar refractivity (Wildman–Crippen MR) is 83.8 cm³/mol. The van der Waals surface area contributed by atoms with Gasteiger partial charge in [0.2, 0.25) is 0 Å². The van der Waals surface area contributed by atoms with Crippen molar-refractivity contribution in [2.75, 3.05) is 0 Å². The summed E-state index contributed by atoms with van der Waals surface area (Å²) >= 11 is 12.0. The van der Waals surface area contributed by atoms with Crippen LogP contribution in [0.25, 0.3) is 0 Å². The number of benzene rings is 1. The van der Waals surface area contributed by atoms with Gasteiger partial charge >= 0.3 is 0 Å². The van der Waals surface area contributed by atoms with Gasteiger partial charge in [-0.3, -0.25) is 4.79 Å². The molecule has 1 aliphatic carbocycles. The van der Waals surface area contributed by atoms with Crippen LogP contribution >= 0.6 is 33.9 Å². The van der Waals surface area contributed by atoms with Gasteiger partial charge in [-0.25, -0.2) is 8.42 Å². The number of carbonyl (C=O) groups excluding carboxylic acids is 1. The van der Waals surface area contributed by atoms with Crippen molar-refractivity contribution in [2.24, 2.45) is 0 Å². The highest BCUT2D eigenvalue weighted by atomic mass is 35.7. The van der Waals surface area contributed by atoms with E-state index in [-0.39, 0.29) is 26.0 Å². The molecule has 0 bridgehead atoms. The van der Waals surface area contributed by atoms with Crippen LogP contribution in [0.2, 0.25) is 10.0 Å². The first kappa shape index (κ1) is 16.9. The summed E-state index contributed by atoms with van der Waals surface area (Å²) < 4.78 is 22.9. The molecule has 0 unspecified atom stereocenters. The monoisotopic (exact) mass is 369 g/mol. The molecule has 0 heterocycles. The number of amides is 1. The number of hydrogen-bond acceptors (Lipinski definition) is 3. The molecule has 2 rings (SSSR count). The lowest BCUT2D eigenvalue weighted by Gasteiger charge is -2.42.